The number of urea groups is 1. The number of rotatable bonds is 5. The number of nitrogens with zero attached hydrogens (tertiary/aromatic N) is 2. The number of imide groups is 1. The fraction of sp³-hybridized carbons (Fsp3) is 0.789. The number of amides is 4. The molecule has 5 N–H and O–H groups in total. The number of hydrogen-bond acceptors (Lipinski definition) is 7. The third kappa shape index (κ3) is 4.57. The summed E-state index contributed by atoms with van der Waals surface area (Å²) in [6, 6.07) is -1.78. The lowest BCUT2D eigenvalue weighted by atomic mass is 9.87. The summed E-state index contributed by atoms with van der Waals surface area (Å²) in [6.45, 7) is -0.721. The minimum atomic E-state index is -1.73. The molecule has 4 atom stereocenters. The van der Waals surface area contributed by atoms with E-state index in [2.05, 4.69) is 5.32 Å². The summed E-state index contributed by atoms with van der Waals surface area (Å²) < 4.78 is 0. The summed E-state index contributed by atoms with van der Waals surface area (Å²) >= 11 is 0. The fourth-order valence-electron chi connectivity index (χ4n) is 4.71. The van der Waals surface area contributed by atoms with Crippen LogP contribution in [0.15, 0.2) is 0 Å². The monoisotopic (exact) mass is 427 g/mol. The van der Waals surface area contributed by atoms with Gasteiger partial charge >= 0.3 is 12.0 Å². The molecule has 0 aromatic carbocycles. The lowest BCUT2D eigenvalue weighted by Crippen LogP contribution is -2.69. The Labute approximate surface area is 173 Å². The van der Waals surface area contributed by atoms with Crippen molar-refractivity contribution in [2.24, 2.45) is 5.92 Å². The summed E-state index contributed by atoms with van der Waals surface area (Å²) in [5.41, 5.74) is 0. The van der Waals surface area contributed by atoms with Crippen LogP contribution in [0.5, 0.6) is 0 Å². The van der Waals surface area contributed by atoms with Crippen molar-refractivity contribution in [1.29, 1.82) is 0 Å². The van der Waals surface area contributed by atoms with E-state index in [-0.39, 0.29) is 6.42 Å². The second kappa shape index (κ2) is 9.27. The molecule has 11 nitrogen and oxygen atoms in total. The number of carbonyl (C=O) groups excluding carboxylic acids is 3. The number of aliphatic hydroxyl groups is 3. The maximum Gasteiger partial charge on any atom is 0.329 e. The number of aliphatic carboxylic acids is 1. The molecule has 168 valence electrons. The molecule has 0 spiro atoms. The Balaban J connectivity index is 1.89. The molecule has 1 heterocycles. The zero-order chi connectivity index (χ0) is 22.0. The van der Waals surface area contributed by atoms with Crippen molar-refractivity contribution in [3.05, 3.63) is 0 Å². The van der Waals surface area contributed by atoms with Crippen LogP contribution >= 0.6 is 0 Å². The van der Waals surface area contributed by atoms with Crippen molar-refractivity contribution in [2.45, 2.75) is 81.9 Å². The van der Waals surface area contributed by atoms with Crippen molar-refractivity contribution in [3.8, 4) is 0 Å². The minimum absolute atomic E-state index is 0.189. The van der Waals surface area contributed by atoms with Crippen LogP contribution in [0, 0.1) is 5.92 Å². The van der Waals surface area contributed by atoms with Crippen LogP contribution in [0.25, 0.3) is 0 Å². The van der Waals surface area contributed by atoms with E-state index >= 15 is 0 Å². The van der Waals surface area contributed by atoms with Crippen molar-refractivity contribution >= 4 is 23.8 Å². The molecule has 2 saturated carbocycles. The minimum Gasteiger partial charge on any atom is -0.480 e. The predicted octanol–water partition coefficient (Wildman–Crippen LogP) is -1.01. The van der Waals surface area contributed by atoms with Gasteiger partial charge in [0.15, 0.2) is 12.1 Å². The Hall–Kier alpha value is -2.24. The highest BCUT2D eigenvalue weighted by molar-refractivity contribution is 6.09. The Morgan fingerprint density at radius 2 is 1.60 bits per heavy atom. The van der Waals surface area contributed by atoms with Crippen LogP contribution < -0.4 is 5.32 Å². The normalized spacial score (nSPS) is 35.3. The van der Waals surface area contributed by atoms with Crippen molar-refractivity contribution < 1.29 is 39.6 Å². The highest BCUT2D eigenvalue weighted by Gasteiger charge is 2.53. The first kappa shape index (κ1) is 22.4. The zero-order valence-electron chi connectivity index (χ0n) is 16.6. The van der Waals surface area contributed by atoms with Crippen LogP contribution in [0.1, 0.15) is 51.4 Å². The van der Waals surface area contributed by atoms with Gasteiger partial charge in [-0.1, -0.05) is 0 Å². The highest BCUT2D eigenvalue weighted by Crippen LogP contribution is 2.34. The SMILES string of the molecule is O=C(O)CNC(=O)C1C(=O)N([C@@H]2CCC[C@H](O)C2)C(=O)N(C2CCC(O)CC2)C1O. The Morgan fingerprint density at radius 1 is 0.933 bits per heavy atom. The van der Waals surface area contributed by atoms with E-state index < -0.39 is 66.8 Å². The Bertz CT molecular complexity index is 693. The molecule has 1 saturated heterocycles. The average Bonchev–Trinajstić information content (AvgIpc) is 2.68. The molecule has 30 heavy (non-hydrogen) atoms. The van der Waals surface area contributed by atoms with Crippen LogP contribution in [-0.4, -0.2) is 91.1 Å². The molecule has 3 aliphatic rings. The number of carboxylic acids is 1. The molecule has 2 aliphatic carbocycles. The first-order valence-corrected chi connectivity index (χ1v) is 10.4. The number of carboxylic acid groups (broad SMARTS) is 1. The number of nitrogens with one attached hydrogen (secondary N) is 1. The Morgan fingerprint density at radius 3 is 2.20 bits per heavy atom. The van der Waals surface area contributed by atoms with Crippen molar-refractivity contribution in [3.63, 3.8) is 0 Å². The molecule has 11 heteroatoms. The molecule has 0 bridgehead atoms. The summed E-state index contributed by atoms with van der Waals surface area (Å²) in [4.78, 5) is 51.9. The summed E-state index contributed by atoms with van der Waals surface area (Å²) in [5.74, 6) is -4.82. The summed E-state index contributed by atoms with van der Waals surface area (Å²) in [7, 11) is 0. The second-order valence-corrected chi connectivity index (χ2v) is 8.34. The van der Waals surface area contributed by atoms with Crippen molar-refractivity contribution in [2.75, 3.05) is 6.54 Å². The predicted molar refractivity (Wildman–Crippen MR) is 101 cm³/mol. The molecule has 4 amide bonds. The number of hydrogen-bond donors (Lipinski definition) is 5. The van der Waals surface area contributed by atoms with Gasteiger partial charge in [0.1, 0.15) is 6.54 Å². The van der Waals surface area contributed by atoms with E-state index in [0.29, 0.717) is 44.9 Å². The lowest BCUT2D eigenvalue weighted by Gasteiger charge is -2.49. The Kier molecular flexibility index (Phi) is 6.94. The van der Waals surface area contributed by atoms with E-state index in [1.54, 1.807) is 0 Å². The average molecular weight is 427 g/mol. The standard InChI is InChI=1S/C19H29N3O8/c23-12-6-4-10(5-7-12)21-17(28)15(16(27)20-9-14(25)26)18(29)22(19(21)30)11-2-1-3-13(24)8-11/h10-13,15,17,23-24,28H,1-9H2,(H,20,27)(H,25,26)/t10?,11-,12?,13+,15?,17?/m1/s1. The molecule has 1 aliphatic heterocycles. The third-order valence-electron chi connectivity index (χ3n) is 6.25. The second-order valence-electron chi connectivity index (χ2n) is 8.34. The number of aliphatic hydroxyl groups excluding tert-OH is 3. The van der Waals surface area contributed by atoms with Gasteiger partial charge in [-0.15, -0.1) is 0 Å². The van der Waals surface area contributed by atoms with Crippen molar-refractivity contribution in [1.82, 2.24) is 15.1 Å². The summed E-state index contributed by atoms with van der Waals surface area (Å²) in [6.07, 6.45) is 0.585. The third-order valence-corrected chi connectivity index (χ3v) is 6.25. The van der Waals surface area contributed by atoms with Gasteiger partial charge in [-0.05, 0) is 51.4 Å². The molecule has 2 unspecified atom stereocenters. The molecule has 3 fully saturated rings. The molecule has 3 rings (SSSR count). The van der Waals surface area contributed by atoms with E-state index in [1.807, 2.05) is 0 Å². The van der Waals surface area contributed by atoms with Gasteiger partial charge in [-0.25, -0.2) is 4.79 Å². The van der Waals surface area contributed by atoms with Gasteiger partial charge in [0.2, 0.25) is 11.8 Å². The molecule has 0 radical (unpaired) electrons. The number of carbonyl (C=O) groups is 4. The quantitative estimate of drug-likeness (QED) is 0.348. The molecule has 0 aromatic heterocycles. The fourth-order valence-corrected chi connectivity index (χ4v) is 4.71. The first-order chi connectivity index (χ1) is 14.2. The largest absolute Gasteiger partial charge is 0.480 e. The van der Waals surface area contributed by atoms with Crippen LogP contribution in [0.3, 0.4) is 0 Å². The van der Waals surface area contributed by atoms with E-state index in [1.165, 1.54) is 0 Å². The topological polar surface area (TPSA) is 168 Å². The first-order valence-electron chi connectivity index (χ1n) is 10.4. The van der Waals surface area contributed by atoms with Gasteiger partial charge < -0.3 is 25.7 Å². The van der Waals surface area contributed by atoms with Gasteiger partial charge in [-0.2, -0.15) is 0 Å². The zero-order valence-corrected chi connectivity index (χ0v) is 16.6. The molecular weight excluding hydrogens is 398 g/mol. The van der Waals surface area contributed by atoms with Gasteiger partial charge in [0, 0.05) is 12.1 Å². The smallest absolute Gasteiger partial charge is 0.329 e. The van der Waals surface area contributed by atoms with Gasteiger partial charge in [-0.3, -0.25) is 24.2 Å². The van der Waals surface area contributed by atoms with E-state index in [9.17, 15) is 34.5 Å². The van der Waals surface area contributed by atoms with Crippen LogP contribution in [0.2, 0.25) is 0 Å². The van der Waals surface area contributed by atoms with Gasteiger partial charge in [0.05, 0.1) is 12.2 Å². The maximum atomic E-state index is 13.3. The van der Waals surface area contributed by atoms with Crippen LogP contribution in [-0.2, 0) is 14.4 Å². The summed E-state index contributed by atoms with van der Waals surface area (Å²) in [5, 5.41) is 41.5. The van der Waals surface area contributed by atoms with Gasteiger partial charge in [0.25, 0.3) is 0 Å². The molecule has 0 aromatic rings. The van der Waals surface area contributed by atoms with Crippen LogP contribution in [0.4, 0.5) is 4.79 Å². The molecular formula is C19H29N3O8. The highest BCUT2D eigenvalue weighted by atomic mass is 16.4. The maximum absolute atomic E-state index is 13.3. The van der Waals surface area contributed by atoms with E-state index in [4.69, 9.17) is 5.11 Å². The van der Waals surface area contributed by atoms with E-state index in [0.717, 1.165) is 9.80 Å². The lowest BCUT2D eigenvalue weighted by molar-refractivity contribution is -0.164.